The molecule has 1 amide bonds. The van der Waals surface area contributed by atoms with Crippen molar-refractivity contribution in [2.24, 2.45) is 0 Å². The molecule has 0 spiro atoms. The van der Waals surface area contributed by atoms with Crippen LogP contribution in [0, 0.1) is 0 Å². The topological polar surface area (TPSA) is 72.1 Å². The molecule has 0 unspecified atom stereocenters. The van der Waals surface area contributed by atoms with Crippen LogP contribution in [0.15, 0.2) is 6.20 Å². The monoisotopic (exact) mass is 302 g/mol. The quantitative estimate of drug-likeness (QED) is 0.926. The average molecular weight is 302 g/mol. The highest BCUT2D eigenvalue weighted by Gasteiger charge is 2.41. The largest absolute Gasteiger partial charge is 0.406 e. The minimum atomic E-state index is -4.44. The molecule has 2 N–H and O–H groups in total. The molecule has 0 aliphatic heterocycles. The molecule has 0 atom stereocenters. The van der Waals surface area contributed by atoms with Crippen LogP contribution in [-0.2, 0) is 0 Å². The summed E-state index contributed by atoms with van der Waals surface area (Å²) in [4.78, 5) is 21.2. The first-order chi connectivity index (χ1) is 9.69. The van der Waals surface area contributed by atoms with E-state index in [0.29, 0.717) is 18.7 Å². The van der Waals surface area contributed by atoms with Crippen molar-refractivity contribution in [3.63, 3.8) is 0 Å². The van der Waals surface area contributed by atoms with Crippen molar-refractivity contribution in [2.45, 2.75) is 44.8 Å². The molecule has 8 heteroatoms. The molecule has 116 valence electrons. The summed E-state index contributed by atoms with van der Waals surface area (Å²) in [6.45, 7) is 2.37. The smallest absolute Gasteiger partial charge is 0.396 e. The van der Waals surface area contributed by atoms with E-state index in [9.17, 15) is 18.0 Å². The summed E-state index contributed by atoms with van der Waals surface area (Å²) >= 11 is 0. The number of amides is 1. The van der Waals surface area contributed by atoms with Gasteiger partial charge in [0.15, 0.2) is 5.69 Å². The van der Waals surface area contributed by atoms with E-state index in [4.69, 9.17) is 5.73 Å². The first kappa shape index (κ1) is 15.5. The van der Waals surface area contributed by atoms with E-state index in [-0.39, 0.29) is 23.3 Å². The van der Waals surface area contributed by atoms with Crippen LogP contribution in [0.2, 0.25) is 0 Å². The predicted octanol–water partition coefficient (Wildman–Crippen LogP) is 2.35. The SMILES string of the molecule is CC(C)c1ncc(N)c(C(=O)N(CC(F)(F)F)C2CC2)n1. The van der Waals surface area contributed by atoms with E-state index in [1.165, 1.54) is 6.20 Å². The van der Waals surface area contributed by atoms with Gasteiger partial charge in [-0.3, -0.25) is 4.79 Å². The zero-order chi connectivity index (χ0) is 15.8. The Balaban J connectivity index is 2.30. The minimum absolute atomic E-state index is 0.00257. The van der Waals surface area contributed by atoms with Crippen molar-refractivity contribution in [3.05, 3.63) is 17.7 Å². The standard InChI is InChI=1S/C13H17F3N4O/c1-7(2)11-18-5-9(17)10(19-11)12(21)20(8-3-4-8)6-13(14,15)16/h5,7-8H,3-4,6,17H2,1-2H3. The summed E-state index contributed by atoms with van der Waals surface area (Å²) in [6, 6.07) is -0.379. The third-order valence-corrected chi connectivity index (χ3v) is 3.15. The fraction of sp³-hybridized carbons (Fsp3) is 0.615. The third-order valence-electron chi connectivity index (χ3n) is 3.15. The highest BCUT2D eigenvalue weighted by Crippen LogP contribution is 2.32. The average Bonchev–Trinajstić information content (AvgIpc) is 3.18. The second-order valence-corrected chi connectivity index (χ2v) is 5.47. The van der Waals surface area contributed by atoms with Crippen molar-refractivity contribution < 1.29 is 18.0 Å². The molecule has 1 aliphatic rings. The lowest BCUT2D eigenvalue weighted by Gasteiger charge is -2.24. The zero-order valence-electron chi connectivity index (χ0n) is 11.8. The number of rotatable bonds is 4. The summed E-state index contributed by atoms with van der Waals surface area (Å²) < 4.78 is 37.9. The lowest BCUT2D eigenvalue weighted by Crippen LogP contribution is -2.41. The molecule has 5 nitrogen and oxygen atoms in total. The number of halogens is 3. The fourth-order valence-electron chi connectivity index (χ4n) is 1.94. The van der Waals surface area contributed by atoms with Crippen molar-refractivity contribution >= 4 is 11.6 Å². The molecule has 0 bridgehead atoms. The predicted molar refractivity (Wildman–Crippen MR) is 70.6 cm³/mol. The van der Waals surface area contributed by atoms with Gasteiger partial charge in [-0.2, -0.15) is 13.2 Å². The van der Waals surface area contributed by atoms with Gasteiger partial charge in [0.1, 0.15) is 12.4 Å². The molecule has 0 aromatic carbocycles. The second kappa shape index (κ2) is 5.50. The first-order valence-corrected chi connectivity index (χ1v) is 6.69. The Labute approximate surface area is 120 Å². The normalized spacial score (nSPS) is 15.3. The Hall–Kier alpha value is -1.86. The number of hydrogen-bond donors (Lipinski definition) is 1. The zero-order valence-corrected chi connectivity index (χ0v) is 11.8. The Kier molecular flexibility index (Phi) is 4.06. The van der Waals surface area contributed by atoms with E-state index in [1.807, 2.05) is 13.8 Å². The number of carbonyl (C=O) groups is 1. The van der Waals surface area contributed by atoms with Gasteiger partial charge >= 0.3 is 6.18 Å². The van der Waals surface area contributed by atoms with Crippen molar-refractivity contribution in [2.75, 3.05) is 12.3 Å². The van der Waals surface area contributed by atoms with Gasteiger partial charge in [-0.25, -0.2) is 9.97 Å². The van der Waals surface area contributed by atoms with Gasteiger partial charge in [-0.1, -0.05) is 13.8 Å². The van der Waals surface area contributed by atoms with E-state index in [1.54, 1.807) is 0 Å². The molecule has 21 heavy (non-hydrogen) atoms. The van der Waals surface area contributed by atoms with Crippen LogP contribution in [0.1, 0.15) is 48.9 Å². The van der Waals surface area contributed by atoms with Crippen LogP contribution in [0.25, 0.3) is 0 Å². The second-order valence-electron chi connectivity index (χ2n) is 5.47. The van der Waals surface area contributed by atoms with Gasteiger partial charge in [0.2, 0.25) is 0 Å². The lowest BCUT2D eigenvalue weighted by atomic mass is 10.2. The number of nitrogens with zero attached hydrogens (tertiary/aromatic N) is 3. The molecule has 1 aromatic rings. The molecule has 0 radical (unpaired) electrons. The van der Waals surface area contributed by atoms with Crippen LogP contribution in [0.3, 0.4) is 0 Å². The van der Waals surface area contributed by atoms with Gasteiger partial charge in [0.05, 0.1) is 11.9 Å². The van der Waals surface area contributed by atoms with Gasteiger partial charge in [0, 0.05) is 12.0 Å². The lowest BCUT2D eigenvalue weighted by molar-refractivity contribution is -0.141. The number of alkyl halides is 3. The summed E-state index contributed by atoms with van der Waals surface area (Å²) in [5, 5.41) is 0. The Morgan fingerprint density at radius 1 is 1.48 bits per heavy atom. The van der Waals surface area contributed by atoms with Gasteiger partial charge in [0.25, 0.3) is 5.91 Å². The third kappa shape index (κ3) is 3.83. The molecule has 1 aromatic heterocycles. The molecule has 2 rings (SSSR count). The van der Waals surface area contributed by atoms with E-state index >= 15 is 0 Å². The minimum Gasteiger partial charge on any atom is -0.396 e. The molecule has 1 aliphatic carbocycles. The van der Waals surface area contributed by atoms with Crippen molar-refractivity contribution in [3.8, 4) is 0 Å². The number of anilines is 1. The number of carbonyl (C=O) groups excluding carboxylic acids is 1. The highest BCUT2D eigenvalue weighted by molar-refractivity contribution is 5.97. The van der Waals surface area contributed by atoms with Gasteiger partial charge < -0.3 is 10.6 Å². The van der Waals surface area contributed by atoms with Crippen LogP contribution >= 0.6 is 0 Å². The highest BCUT2D eigenvalue weighted by atomic mass is 19.4. The van der Waals surface area contributed by atoms with Crippen LogP contribution < -0.4 is 5.73 Å². The number of nitrogens with two attached hydrogens (primary N) is 1. The Morgan fingerprint density at radius 2 is 2.10 bits per heavy atom. The number of hydrogen-bond acceptors (Lipinski definition) is 4. The van der Waals surface area contributed by atoms with Crippen molar-refractivity contribution in [1.29, 1.82) is 0 Å². The molecule has 1 fully saturated rings. The summed E-state index contributed by atoms with van der Waals surface area (Å²) in [5.41, 5.74) is 5.51. The van der Waals surface area contributed by atoms with E-state index < -0.39 is 18.6 Å². The summed E-state index contributed by atoms with van der Waals surface area (Å²) in [6.07, 6.45) is -2.02. The van der Waals surface area contributed by atoms with Crippen molar-refractivity contribution in [1.82, 2.24) is 14.9 Å². The van der Waals surface area contributed by atoms with Gasteiger partial charge in [-0.15, -0.1) is 0 Å². The maximum Gasteiger partial charge on any atom is 0.406 e. The maximum atomic E-state index is 12.6. The summed E-state index contributed by atoms with van der Waals surface area (Å²) in [7, 11) is 0. The Morgan fingerprint density at radius 3 is 2.57 bits per heavy atom. The van der Waals surface area contributed by atoms with Gasteiger partial charge in [-0.05, 0) is 12.8 Å². The first-order valence-electron chi connectivity index (χ1n) is 6.69. The molecular weight excluding hydrogens is 285 g/mol. The van der Waals surface area contributed by atoms with E-state index in [0.717, 1.165) is 4.90 Å². The molecule has 1 saturated carbocycles. The van der Waals surface area contributed by atoms with Crippen LogP contribution in [-0.4, -0.2) is 39.5 Å². The van der Waals surface area contributed by atoms with Crippen LogP contribution in [0.5, 0.6) is 0 Å². The van der Waals surface area contributed by atoms with Crippen LogP contribution in [0.4, 0.5) is 18.9 Å². The number of nitrogen functional groups attached to an aromatic ring is 1. The Bertz CT molecular complexity index is 541. The fourth-order valence-corrected chi connectivity index (χ4v) is 1.94. The summed E-state index contributed by atoms with van der Waals surface area (Å²) in [5.74, 6) is -0.443. The van der Waals surface area contributed by atoms with E-state index in [2.05, 4.69) is 9.97 Å². The maximum absolute atomic E-state index is 12.6. The number of aromatic nitrogens is 2. The molecule has 0 saturated heterocycles. The molecule has 1 heterocycles. The molecular formula is C13H17F3N4O.